The average molecular weight is 339 g/mol. The van der Waals surface area contributed by atoms with Crippen LogP contribution in [0.1, 0.15) is 16.7 Å². The van der Waals surface area contributed by atoms with E-state index in [4.69, 9.17) is 11.2 Å². The predicted molar refractivity (Wildman–Crippen MR) is 102 cm³/mol. The topological polar surface area (TPSA) is 39.4 Å². The Hall–Kier alpha value is -3.58. The maximum absolute atomic E-state index is 5.86. The third-order valence-electron chi connectivity index (χ3n) is 4.24. The summed E-state index contributed by atoms with van der Waals surface area (Å²) < 4.78 is 7.66. The molecule has 0 atom stereocenters. The molecule has 0 radical (unpaired) electrons. The summed E-state index contributed by atoms with van der Waals surface area (Å²) in [5.74, 6) is 3.45. The fourth-order valence-corrected chi connectivity index (χ4v) is 2.92. The summed E-state index contributed by atoms with van der Waals surface area (Å²) in [6, 6.07) is 18.1. The highest BCUT2D eigenvalue weighted by Crippen LogP contribution is 2.26. The monoisotopic (exact) mass is 339 g/mol. The van der Waals surface area contributed by atoms with E-state index in [1.54, 1.807) is 10.7 Å². The summed E-state index contributed by atoms with van der Waals surface area (Å²) in [5.41, 5.74) is 5.56. The van der Waals surface area contributed by atoms with Crippen LogP contribution in [0.3, 0.4) is 0 Å². The quantitative estimate of drug-likeness (QED) is 0.521. The first-order valence-electron chi connectivity index (χ1n) is 8.33. The molecule has 4 rings (SSSR count). The van der Waals surface area contributed by atoms with Crippen molar-refractivity contribution in [1.82, 2.24) is 14.6 Å². The van der Waals surface area contributed by atoms with E-state index in [1.807, 2.05) is 67.7 Å². The second-order valence-corrected chi connectivity index (χ2v) is 6.03. The summed E-state index contributed by atoms with van der Waals surface area (Å²) in [6.07, 6.45) is 9.02. The van der Waals surface area contributed by atoms with Crippen LogP contribution < -0.4 is 4.74 Å². The third kappa shape index (κ3) is 2.91. The molecule has 4 heteroatoms. The Morgan fingerprint density at radius 2 is 1.81 bits per heavy atom. The number of nitrogens with zero attached hydrogens (tertiary/aromatic N) is 3. The lowest BCUT2D eigenvalue weighted by molar-refractivity contribution is 0.306. The van der Waals surface area contributed by atoms with E-state index in [9.17, 15) is 0 Å². The van der Waals surface area contributed by atoms with Crippen molar-refractivity contribution in [2.45, 2.75) is 13.5 Å². The molecule has 0 saturated carbocycles. The Kier molecular flexibility index (Phi) is 4.12. The van der Waals surface area contributed by atoms with Crippen LogP contribution in [0.25, 0.3) is 16.9 Å². The number of ether oxygens (including phenoxy) is 1. The van der Waals surface area contributed by atoms with Gasteiger partial charge in [-0.3, -0.25) is 0 Å². The number of rotatable bonds is 4. The van der Waals surface area contributed by atoms with Gasteiger partial charge >= 0.3 is 0 Å². The number of aromatic nitrogens is 3. The van der Waals surface area contributed by atoms with E-state index < -0.39 is 0 Å². The van der Waals surface area contributed by atoms with Crippen molar-refractivity contribution in [2.24, 2.45) is 0 Å². The molecule has 2 heterocycles. The Morgan fingerprint density at radius 1 is 1.04 bits per heavy atom. The molecule has 0 aliphatic carbocycles. The van der Waals surface area contributed by atoms with Crippen molar-refractivity contribution in [3.8, 4) is 29.4 Å². The molecule has 126 valence electrons. The zero-order valence-corrected chi connectivity index (χ0v) is 14.4. The minimum atomic E-state index is 0.545. The normalized spacial score (nSPS) is 10.6. The van der Waals surface area contributed by atoms with Gasteiger partial charge in [-0.15, -0.1) is 6.42 Å². The number of hydrogen-bond donors (Lipinski definition) is 0. The van der Waals surface area contributed by atoms with Crippen LogP contribution in [0.4, 0.5) is 0 Å². The lowest BCUT2D eigenvalue weighted by Gasteiger charge is -2.10. The van der Waals surface area contributed by atoms with E-state index >= 15 is 0 Å². The maximum atomic E-state index is 5.86. The van der Waals surface area contributed by atoms with E-state index in [0.29, 0.717) is 17.8 Å². The molecule has 0 saturated heterocycles. The second-order valence-electron chi connectivity index (χ2n) is 6.03. The molecular weight excluding hydrogens is 322 g/mol. The lowest BCUT2D eigenvalue weighted by atomic mass is 10.1. The minimum Gasteiger partial charge on any atom is -0.489 e. The van der Waals surface area contributed by atoms with Crippen LogP contribution in [-0.2, 0) is 6.61 Å². The smallest absolute Gasteiger partial charge is 0.171 e. The third-order valence-corrected chi connectivity index (χ3v) is 4.24. The molecule has 4 nitrogen and oxygen atoms in total. The Labute approximate surface area is 152 Å². The van der Waals surface area contributed by atoms with Gasteiger partial charge in [0.25, 0.3) is 0 Å². The van der Waals surface area contributed by atoms with Gasteiger partial charge in [0.1, 0.15) is 12.4 Å². The van der Waals surface area contributed by atoms with Crippen LogP contribution in [0, 0.1) is 19.3 Å². The summed E-state index contributed by atoms with van der Waals surface area (Å²) in [6.45, 7) is 2.56. The van der Waals surface area contributed by atoms with Crippen LogP contribution in [0.5, 0.6) is 5.75 Å². The SMILES string of the molecule is C#Cc1cnn2c(-c3ccc(OCc4ccccc4)cc3)c(C)cnc12. The first kappa shape index (κ1) is 15.9. The Balaban J connectivity index is 1.63. The number of fused-ring (bicyclic) bond motifs is 1. The van der Waals surface area contributed by atoms with Gasteiger partial charge in [0, 0.05) is 11.8 Å². The van der Waals surface area contributed by atoms with Crippen molar-refractivity contribution in [1.29, 1.82) is 0 Å². The Morgan fingerprint density at radius 3 is 2.54 bits per heavy atom. The highest BCUT2D eigenvalue weighted by Gasteiger charge is 2.12. The Bertz CT molecular complexity index is 1090. The van der Waals surface area contributed by atoms with Crippen molar-refractivity contribution in [3.63, 3.8) is 0 Å². The van der Waals surface area contributed by atoms with E-state index in [2.05, 4.69) is 16.0 Å². The molecule has 0 bridgehead atoms. The summed E-state index contributed by atoms with van der Waals surface area (Å²) >= 11 is 0. The van der Waals surface area contributed by atoms with Crippen molar-refractivity contribution >= 4 is 5.65 Å². The first-order chi connectivity index (χ1) is 12.8. The van der Waals surface area contributed by atoms with Gasteiger partial charge in [0.05, 0.1) is 17.5 Å². The number of aryl methyl sites for hydroxylation is 1. The molecule has 0 spiro atoms. The molecular formula is C22H17N3O. The van der Waals surface area contributed by atoms with Crippen LogP contribution in [0.2, 0.25) is 0 Å². The van der Waals surface area contributed by atoms with Gasteiger partial charge in [0.2, 0.25) is 0 Å². The van der Waals surface area contributed by atoms with E-state index in [-0.39, 0.29) is 0 Å². The standard InChI is InChI=1S/C22H17N3O/c1-3-18-14-24-25-21(16(2)13-23-22(18)25)19-9-11-20(12-10-19)26-15-17-7-5-4-6-8-17/h1,4-14H,15H2,2H3. The van der Waals surface area contributed by atoms with E-state index in [0.717, 1.165) is 28.1 Å². The van der Waals surface area contributed by atoms with Gasteiger partial charge in [-0.25, -0.2) is 9.50 Å². The molecule has 4 aromatic rings. The number of terminal acetylenes is 1. The van der Waals surface area contributed by atoms with Gasteiger partial charge in [-0.2, -0.15) is 5.10 Å². The summed E-state index contributed by atoms with van der Waals surface area (Å²) in [4.78, 5) is 4.41. The fraction of sp³-hybridized carbons (Fsp3) is 0.0909. The van der Waals surface area contributed by atoms with Gasteiger partial charge in [-0.1, -0.05) is 36.3 Å². The molecule has 0 amide bonds. The highest BCUT2D eigenvalue weighted by molar-refractivity contribution is 5.69. The molecule has 2 aromatic carbocycles. The predicted octanol–water partition coefficient (Wildman–Crippen LogP) is 4.27. The molecule has 0 unspecified atom stereocenters. The molecule has 2 aromatic heterocycles. The van der Waals surface area contributed by atoms with Gasteiger partial charge in [-0.05, 0) is 42.3 Å². The minimum absolute atomic E-state index is 0.545. The zero-order chi connectivity index (χ0) is 17.9. The average Bonchev–Trinajstić information content (AvgIpc) is 3.11. The van der Waals surface area contributed by atoms with Crippen molar-refractivity contribution < 1.29 is 4.74 Å². The van der Waals surface area contributed by atoms with Gasteiger partial charge in [0.15, 0.2) is 5.65 Å². The van der Waals surface area contributed by atoms with Crippen molar-refractivity contribution in [2.75, 3.05) is 0 Å². The van der Waals surface area contributed by atoms with Crippen LogP contribution >= 0.6 is 0 Å². The second kappa shape index (κ2) is 6.73. The molecule has 0 aliphatic heterocycles. The lowest BCUT2D eigenvalue weighted by Crippen LogP contribution is -2.00. The summed E-state index contributed by atoms with van der Waals surface area (Å²) in [7, 11) is 0. The maximum Gasteiger partial charge on any atom is 0.171 e. The highest BCUT2D eigenvalue weighted by atomic mass is 16.5. The van der Waals surface area contributed by atoms with E-state index in [1.165, 1.54) is 0 Å². The van der Waals surface area contributed by atoms with Crippen LogP contribution in [0.15, 0.2) is 67.0 Å². The number of benzene rings is 2. The molecule has 0 N–H and O–H groups in total. The first-order valence-corrected chi connectivity index (χ1v) is 8.33. The number of hydrogen-bond acceptors (Lipinski definition) is 3. The molecule has 0 aliphatic rings. The van der Waals surface area contributed by atoms with Gasteiger partial charge < -0.3 is 4.74 Å². The summed E-state index contributed by atoms with van der Waals surface area (Å²) in [5, 5.41) is 4.41. The van der Waals surface area contributed by atoms with Crippen LogP contribution in [-0.4, -0.2) is 14.6 Å². The fourth-order valence-electron chi connectivity index (χ4n) is 2.92. The molecule has 26 heavy (non-hydrogen) atoms. The zero-order valence-electron chi connectivity index (χ0n) is 14.4. The molecule has 0 fully saturated rings. The largest absolute Gasteiger partial charge is 0.489 e. The van der Waals surface area contributed by atoms with Crippen molar-refractivity contribution in [3.05, 3.63) is 83.7 Å².